The Balaban J connectivity index is 1.77. The van der Waals surface area contributed by atoms with Crippen molar-refractivity contribution in [3.8, 4) is 11.5 Å². The Morgan fingerprint density at radius 3 is 2.88 bits per heavy atom. The quantitative estimate of drug-likeness (QED) is 0.691. The monoisotopic (exact) mass is 371 g/mol. The number of piperidine rings is 1. The fraction of sp³-hybridized carbons (Fsp3) is 0.611. The van der Waals surface area contributed by atoms with Crippen LogP contribution in [0.5, 0.6) is 11.5 Å². The number of benzene rings is 1. The molecule has 1 aliphatic heterocycles. The summed E-state index contributed by atoms with van der Waals surface area (Å²) in [5.74, 6) is 0.242. The van der Waals surface area contributed by atoms with Crippen molar-refractivity contribution in [1.29, 1.82) is 0 Å². The van der Waals surface area contributed by atoms with E-state index in [9.17, 15) is 13.6 Å². The molecule has 0 aliphatic carbocycles. The second-order valence-corrected chi connectivity index (χ2v) is 6.33. The Kier molecular flexibility index (Phi) is 8.06. The van der Waals surface area contributed by atoms with E-state index in [2.05, 4.69) is 20.3 Å². The lowest BCUT2D eigenvalue weighted by molar-refractivity contribution is -0.122. The van der Waals surface area contributed by atoms with Crippen LogP contribution >= 0.6 is 0 Å². The zero-order chi connectivity index (χ0) is 18.9. The smallest absolute Gasteiger partial charge is 0.387 e. The second-order valence-electron chi connectivity index (χ2n) is 6.33. The highest BCUT2D eigenvalue weighted by Crippen LogP contribution is 2.29. The number of amides is 1. The zero-order valence-electron chi connectivity index (χ0n) is 15.3. The maximum Gasteiger partial charge on any atom is 0.387 e. The Hall–Kier alpha value is -1.93. The standard InChI is InChI=1S/C18H27F2N3O3/c1-21-14-4-3-9-23(11-14)12-17(24)22-8-7-13-5-6-15(26-18(19)20)16(10-13)25-2/h5-6,10,14,18,21H,3-4,7-9,11-12H2,1-2H3,(H,22,24). The van der Waals surface area contributed by atoms with E-state index in [1.54, 1.807) is 12.1 Å². The third kappa shape index (κ3) is 6.42. The van der Waals surface area contributed by atoms with Crippen LogP contribution in [-0.4, -0.2) is 63.8 Å². The molecule has 1 amide bonds. The minimum Gasteiger partial charge on any atom is -0.493 e. The molecule has 0 bridgehead atoms. The summed E-state index contributed by atoms with van der Waals surface area (Å²) < 4.78 is 34.1. The molecule has 1 fully saturated rings. The Morgan fingerprint density at radius 2 is 2.19 bits per heavy atom. The van der Waals surface area contributed by atoms with Crippen molar-refractivity contribution >= 4 is 5.91 Å². The number of halogens is 2. The number of methoxy groups -OCH3 is 1. The number of hydrogen-bond donors (Lipinski definition) is 2. The van der Waals surface area contributed by atoms with Gasteiger partial charge in [-0.25, -0.2) is 0 Å². The van der Waals surface area contributed by atoms with Gasteiger partial charge >= 0.3 is 6.61 Å². The molecule has 0 radical (unpaired) electrons. The van der Waals surface area contributed by atoms with Gasteiger partial charge in [-0.3, -0.25) is 9.69 Å². The molecule has 1 aliphatic rings. The number of alkyl halides is 2. The fourth-order valence-corrected chi connectivity index (χ4v) is 3.10. The molecule has 1 aromatic carbocycles. The lowest BCUT2D eigenvalue weighted by Crippen LogP contribution is -2.48. The molecule has 1 atom stereocenters. The molecule has 2 N–H and O–H groups in total. The van der Waals surface area contributed by atoms with Gasteiger partial charge in [-0.2, -0.15) is 8.78 Å². The molecule has 146 valence electrons. The van der Waals surface area contributed by atoms with Gasteiger partial charge in [0, 0.05) is 19.1 Å². The summed E-state index contributed by atoms with van der Waals surface area (Å²) in [6.45, 7) is -0.212. The summed E-state index contributed by atoms with van der Waals surface area (Å²) in [5, 5.41) is 6.16. The molecule has 0 saturated carbocycles. The summed E-state index contributed by atoms with van der Waals surface area (Å²) in [6.07, 6.45) is 2.81. The Morgan fingerprint density at radius 1 is 1.38 bits per heavy atom. The summed E-state index contributed by atoms with van der Waals surface area (Å²) >= 11 is 0. The van der Waals surface area contributed by atoms with Crippen molar-refractivity contribution in [3.63, 3.8) is 0 Å². The SMILES string of the molecule is CNC1CCCN(CC(=O)NCCc2ccc(OC(F)F)c(OC)c2)C1. The first-order valence-electron chi connectivity index (χ1n) is 8.80. The molecule has 1 saturated heterocycles. The first-order valence-corrected chi connectivity index (χ1v) is 8.80. The molecule has 0 spiro atoms. The van der Waals surface area contributed by atoms with Crippen molar-refractivity contribution in [3.05, 3.63) is 23.8 Å². The van der Waals surface area contributed by atoms with E-state index in [1.165, 1.54) is 13.2 Å². The van der Waals surface area contributed by atoms with Gasteiger partial charge < -0.3 is 20.1 Å². The number of rotatable bonds is 9. The van der Waals surface area contributed by atoms with E-state index in [1.807, 2.05) is 7.05 Å². The molecular weight excluding hydrogens is 344 g/mol. The van der Waals surface area contributed by atoms with E-state index in [-0.39, 0.29) is 17.4 Å². The van der Waals surface area contributed by atoms with E-state index < -0.39 is 6.61 Å². The molecule has 1 unspecified atom stereocenters. The Labute approximate surface area is 152 Å². The topological polar surface area (TPSA) is 62.8 Å². The van der Waals surface area contributed by atoms with Crippen LogP contribution in [0.1, 0.15) is 18.4 Å². The summed E-state index contributed by atoms with van der Waals surface area (Å²) in [6, 6.07) is 5.23. The number of likely N-dealkylation sites (N-methyl/N-ethyl adjacent to an activating group) is 1. The van der Waals surface area contributed by atoms with E-state index in [0.29, 0.717) is 25.6 Å². The number of likely N-dealkylation sites (tertiary alicyclic amines) is 1. The van der Waals surface area contributed by atoms with E-state index in [4.69, 9.17) is 4.74 Å². The molecule has 1 aromatic rings. The largest absolute Gasteiger partial charge is 0.493 e. The van der Waals surface area contributed by atoms with Crippen molar-refractivity contribution in [2.24, 2.45) is 0 Å². The van der Waals surface area contributed by atoms with Crippen LogP contribution in [0.4, 0.5) is 8.78 Å². The van der Waals surface area contributed by atoms with Crippen molar-refractivity contribution in [2.45, 2.75) is 31.9 Å². The Bertz CT molecular complexity index is 587. The maximum atomic E-state index is 12.3. The predicted octanol–water partition coefficient (Wildman–Crippen LogP) is 1.64. The van der Waals surface area contributed by atoms with Crippen LogP contribution in [0.25, 0.3) is 0 Å². The van der Waals surface area contributed by atoms with Crippen LogP contribution < -0.4 is 20.1 Å². The van der Waals surface area contributed by atoms with Crippen LogP contribution in [-0.2, 0) is 11.2 Å². The number of nitrogens with one attached hydrogen (secondary N) is 2. The van der Waals surface area contributed by atoms with Gasteiger partial charge in [-0.05, 0) is 50.6 Å². The third-order valence-electron chi connectivity index (χ3n) is 4.46. The van der Waals surface area contributed by atoms with Crippen molar-refractivity contribution in [2.75, 3.05) is 40.3 Å². The fourth-order valence-electron chi connectivity index (χ4n) is 3.10. The molecule has 1 heterocycles. The summed E-state index contributed by atoms with van der Waals surface area (Å²) in [7, 11) is 3.34. The van der Waals surface area contributed by atoms with Crippen LogP contribution in [0.3, 0.4) is 0 Å². The number of nitrogens with zero attached hydrogens (tertiary/aromatic N) is 1. The predicted molar refractivity (Wildman–Crippen MR) is 94.9 cm³/mol. The minimum atomic E-state index is -2.90. The summed E-state index contributed by atoms with van der Waals surface area (Å²) in [4.78, 5) is 14.2. The highest BCUT2D eigenvalue weighted by atomic mass is 19.3. The van der Waals surface area contributed by atoms with Crippen molar-refractivity contribution in [1.82, 2.24) is 15.5 Å². The van der Waals surface area contributed by atoms with Crippen LogP contribution in [0.2, 0.25) is 0 Å². The number of hydrogen-bond acceptors (Lipinski definition) is 5. The lowest BCUT2D eigenvalue weighted by Gasteiger charge is -2.31. The maximum absolute atomic E-state index is 12.3. The van der Waals surface area contributed by atoms with Crippen molar-refractivity contribution < 1.29 is 23.0 Å². The van der Waals surface area contributed by atoms with Gasteiger partial charge in [0.05, 0.1) is 13.7 Å². The first-order chi connectivity index (χ1) is 12.5. The second kappa shape index (κ2) is 10.3. The van der Waals surface area contributed by atoms with Crippen LogP contribution in [0.15, 0.2) is 18.2 Å². The molecule has 26 heavy (non-hydrogen) atoms. The average molecular weight is 371 g/mol. The van der Waals surface area contributed by atoms with Gasteiger partial charge in [-0.1, -0.05) is 6.07 Å². The van der Waals surface area contributed by atoms with Gasteiger partial charge in [0.2, 0.25) is 5.91 Å². The van der Waals surface area contributed by atoms with Crippen LogP contribution in [0, 0.1) is 0 Å². The van der Waals surface area contributed by atoms with E-state index >= 15 is 0 Å². The third-order valence-corrected chi connectivity index (χ3v) is 4.46. The van der Waals surface area contributed by atoms with E-state index in [0.717, 1.165) is 31.5 Å². The molecule has 2 rings (SSSR count). The van der Waals surface area contributed by atoms with Gasteiger partial charge in [0.1, 0.15) is 0 Å². The normalized spacial score (nSPS) is 18.0. The average Bonchev–Trinajstić information content (AvgIpc) is 2.62. The van der Waals surface area contributed by atoms with Gasteiger partial charge in [0.25, 0.3) is 0 Å². The first kappa shape index (κ1) is 20.4. The molecule has 6 nitrogen and oxygen atoms in total. The molecular formula is C18H27F2N3O3. The van der Waals surface area contributed by atoms with Gasteiger partial charge in [-0.15, -0.1) is 0 Å². The van der Waals surface area contributed by atoms with Gasteiger partial charge in [0.15, 0.2) is 11.5 Å². The molecule has 8 heteroatoms. The lowest BCUT2D eigenvalue weighted by atomic mass is 10.1. The highest BCUT2D eigenvalue weighted by Gasteiger charge is 2.20. The minimum absolute atomic E-state index is 0.000489. The number of carbonyl (C=O) groups is 1. The molecule has 0 aromatic heterocycles. The highest BCUT2D eigenvalue weighted by molar-refractivity contribution is 5.78. The zero-order valence-corrected chi connectivity index (χ0v) is 15.3. The number of carbonyl (C=O) groups excluding carboxylic acids is 1. The summed E-state index contributed by atoms with van der Waals surface area (Å²) in [5.41, 5.74) is 0.872. The number of ether oxygens (including phenoxy) is 2.